The fourth-order valence-electron chi connectivity index (χ4n) is 1.24. The largest absolute Gasteiger partial charge is 0.480 e. The summed E-state index contributed by atoms with van der Waals surface area (Å²) >= 11 is 5.73. The topological polar surface area (TPSA) is 81.7 Å². The molecule has 1 aromatic rings. The molecule has 3 N–H and O–H groups in total. The van der Waals surface area contributed by atoms with Crippen LogP contribution in [-0.4, -0.2) is 35.7 Å². The Hall–Kier alpha value is -1.79. The van der Waals surface area contributed by atoms with E-state index in [2.05, 4.69) is 10.7 Å². The van der Waals surface area contributed by atoms with Crippen LogP contribution in [0.25, 0.3) is 0 Å². The van der Waals surface area contributed by atoms with E-state index in [1.165, 1.54) is 12.1 Å². The molecular weight excluding hydrogens is 258 g/mol. The molecule has 0 aromatic heterocycles. The minimum atomic E-state index is -1.02. The highest BCUT2D eigenvalue weighted by atomic mass is 35.5. The maximum Gasteiger partial charge on any atom is 0.329 e. The van der Waals surface area contributed by atoms with Crippen LogP contribution in [0.3, 0.4) is 0 Å². The van der Waals surface area contributed by atoms with Gasteiger partial charge in [-0.3, -0.25) is 10.2 Å². The number of carbonyl (C=O) groups excluding carboxylic acids is 1. The Labute approximate surface area is 110 Å². The van der Waals surface area contributed by atoms with Crippen molar-refractivity contribution in [3.05, 3.63) is 34.9 Å². The highest BCUT2D eigenvalue weighted by Crippen LogP contribution is 2.08. The van der Waals surface area contributed by atoms with Gasteiger partial charge < -0.3 is 10.4 Å². The third-order valence-corrected chi connectivity index (χ3v) is 2.28. The molecule has 0 saturated heterocycles. The van der Waals surface area contributed by atoms with Crippen LogP contribution >= 0.6 is 11.6 Å². The summed E-state index contributed by atoms with van der Waals surface area (Å²) in [5.74, 6) is -1.02. The summed E-state index contributed by atoms with van der Waals surface area (Å²) in [5, 5.41) is 12.9. The highest BCUT2D eigenvalue weighted by molar-refractivity contribution is 6.30. The van der Waals surface area contributed by atoms with E-state index >= 15 is 0 Å². The van der Waals surface area contributed by atoms with Gasteiger partial charge in [-0.2, -0.15) is 0 Å². The number of nitrogens with one attached hydrogen (secondary N) is 2. The van der Waals surface area contributed by atoms with E-state index < -0.39 is 12.0 Å². The summed E-state index contributed by atoms with van der Waals surface area (Å²) in [6, 6.07) is 6.58. The number of aliphatic carboxylic acids is 1. The SMILES string of the molecule is CN(CC(=O)O)NC(=O)NCc1ccc(Cl)cc1. The summed E-state index contributed by atoms with van der Waals surface area (Å²) in [6.45, 7) is 0.0677. The number of hydrogen-bond donors (Lipinski definition) is 3. The molecule has 18 heavy (non-hydrogen) atoms. The lowest BCUT2D eigenvalue weighted by Gasteiger charge is -2.16. The highest BCUT2D eigenvalue weighted by Gasteiger charge is 2.07. The van der Waals surface area contributed by atoms with Crippen LogP contribution < -0.4 is 10.7 Å². The van der Waals surface area contributed by atoms with Crippen LogP contribution in [0.15, 0.2) is 24.3 Å². The molecule has 0 bridgehead atoms. The van der Waals surface area contributed by atoms with Gasteiger partial charge in [0.15, 0.2) is 0 Å². The van der Waals surface area contributed by atoms with Crippen LogP contribution in [0.2, 0.25) is 5.02 Å². The zero-order valence-electron chi connectivity index (χ0n) is 9.81. The molecule has 98 valence electrons. The molecule has 1 aromatic carbocycles. The quantitative estimate of drug-likeness (QED) is 0.700. The Morgan fingerprint density at radius 3 is 2.50 bits per heavy atom. The van der Waals surface area contributed by atoms with Gasteiger partial charge in [0.25, 0.3) is 0 Å². The minimum absolute atomic E-state index is 0.269. The Morgan fingerprint density at radius 1 is 1.33 bits per heavy atom. The summed E-state index contributed by atoms with van der Waals surface area (Å²) in [6.07, 6.45) is 0. The molecule has 0 fully saturated rings. The van der Waals surface area contributed by atoms with Crippen molar-refractivity contribution in [1.29, 1.82) is 0 Å². The van der Waals surface area contributed by atoms with Crippen molar-refractivity contribution >= 4 is 23.6 Å². The summed E-state index contributed by atoms with van der Waals surface area (Å²) in [4.78, 5) is 21.8. The molecule has 6 nitrogen and oxygen atoms in total. The van der Waals surface area contributed by atoms with E-state index in [0.29, 0.717) is 11.6 Å². The van der Waals surface area contributed by atoms with Gasteiger partial charge >= 0.3 is 12.0 Å². The molecule has 0 heterocycles. The number of carbonyl (C=O) groups is 2. The lowest BCUT2D eigenvalue weighted by molar-refractivity contribution is -0.138. The van der Waals surface area contributed by atoms with E-state index in [9.17, 15) is 9.59 Å². The second-order valence-corrected chi connectivity index (χ2v) is 4.11. The number of likely N-dealkylation sites (N-methyl/N-ethyl adjacent to an activating group) is 1. The predicted octanol–water partition coefficient (Wildman–Crippen LogP) is 1.07. The van der Waals surface area contributed by atoms with Gasteiger partial charge in [-0.1, -0.05) is 23.7 Å². The van der Waals surface area contributed by atoms with Crippen LogP contribution in [0.5, 0.6) is 0 Å². The molecule has 0 spiro atoms. The van der Waals surface area contributed by atoms with E-state index in [1.54, 1.807) is 24.3 Å². The monoisotopic (exact) mass is 271 g/mol. The number of rotatable bonds is 5. The van der Waals surface area contributed by atoms with Crippen LogP contribution in [0, 0.1) is 0 Å². The van der Waals surface area contributed by atoms with Crippen LogP contribution in [0.4, 0.5) is 4.79 Å². The Morgan fingerprint density at radius 2 is 1.94 bits per heavy atom. The number of amides is 2. The smallest absolute Gasteiger partial charge is 0.329 e. The van der Waals surface area contributed by atoms with Gasteiger partial charge in [-0.15, -0.1) is 0 Å². The molecule has 2 amide bonds. The standard InChI is InChI=1S/C11H14ClN3O3/c1-15(7-10(16)17)14-11(18)13-6-8-2-4-9(12)5-3-8/h2-5H,6-7H2,1H3,(H,16,17)(H2,13,14,18). The van der Waals surface area contributed by atoms with E-state index in [0.717, 1.165) is 5.56 Å². The maximum atomic E-state index is 11.4. The lowest BCUT2D eigenvalue weighted by atomic mass is 10.2. The summed E-state index contributed by atoms with van der Waals surface area (Å²) in [7, 11) is 1.47. The number of benzene rings is 1. The summed E-state index contributed by atoms with van der Waals surface area (Å²) < 4.78 is 0. The predicted molar refractivity (Wildman–Crippen MR) is 67.1 cm³/mol. The maximum absolute atomic E-state index is 11.4. The number of hydrogen-bond acceptors (Lipinski definition) is 3. The third kappa shape index (κ3) is 5.51. The van der Waals surface area contributed by atoms with E-state index in [-0.39, 0.29) is 6.54 Å². The number of hydrazine groups is 1. The van der Waals surface area contributed by atoms with Crippen LogP contribution in [-0.2, 0) is 11.3 Å². The van der Waals surface area contributed by atoms with Crippen molar-refractivity contribution in [3.63, 3.8) is 0 Å². The molecule has 0 aliphatic heterocycles. The van der Waals surface area contributed by atoms with Gasteiger partial charge in [0.2, 0.25) is 0 Å². The van der Waals surface area contributed by atoms with E-state index in [4.69, 9.17) is 16.7 Å². The molecule has 0 radical (unpaired) electrons. The van der Waals surface area contributed by atoms with Crippen molar-refractivity contribution in [2.45, 2.75) is 6.54 Å². The summed E-state index contributed by atoms with van der Waals surface area (Å²) in [5.41, 5.74) is 3.27. The average molecular weight is 272 g/mol. The number of halogens is 1. The first-order valence-electron chi connectivity index (χ1n) is 5.19. The normalized spacial score (nSPS) is 10.2. The fraction of sp³-hybridized carbons (Fsp3) is 0.273. The van der Waals surface area contributed by atoms with Gasteiger partial charge in [-0.25, -0.2) is 9.80 Å². The Balaban J connectivity index is 2.32. The molecule has 1 rings (SSSR count). The van der Waals surface area contributed by atoms with Gasteiger partial charge in [0, 0.05) is 18.6 Å². The lowest BCUT2D eigenvalue weighted by Crippen LogP contribution is -2.46. The zero-order chi connectivity index (χ0) is 13.5. The minimum Gasteiger partial charge on any atom is -0.480 e. The average Bonchev–Trinajstić information content (AvgIpc) is 2.27. The fourth-order valence-corrected chi connectivity index (χ4v) is 1.37. The molecular formula is C11H14ClN3O3. The van der Waals surface area contributed by atoms with Crippen molar-refractivity contribution in [2.75, 3.05) is 13.6 Å². The van der Waals surface area contributed by atoms with Crippen molar-refractivity contribution in [3.8, 4) is 0 Å². The van der Waals surface area contributed by atoms with Gasteiger partial charge in [-0.05, 0) is 17.7 Å². The first-order chi connectivity index (χ1) is 8.47. The van der Waals surface area contributed by atoms with Gasteiger partial charge in [0.05, 0.1) is 0 Å². The second-order valence-electron chi connectivity index (χ2n) is 3.67. The Bertz CT molecular complexity index is 422. The van der Waals surface area contributed by atoms with Crippen molar-refractivity contribution in [1.82, 2.24) is 15.8 Å². The zero-order valence-corrected chi connectivity index (χ0v) is 10.6. The van der Waals surface area contributed by atoms with E-state index in [1.807, 2.05) is 0 Å². The number of carboxylic acids is 1. The van der Waals surface area contributed by atoms with Crippen LogP contribution in [0.1, 0.15) is 5.56 Å². The van der Waals surface area contributed by atoms with Crippen molar-refractivity contribution in [2.24, 2.45) is 0 Å². The number of carboxylic acid groups (broad SMARTS) is 1. The molecule has 0 atom stereocenters. The number of urea groups is 1. The molecule has 0 unspecified atom stereocenters. The third-order valence-electron chi connectivity index (χ3n) is 2.03. The van der Waals surface area contributed by atoms with Gasteiger partial charge in [0.1, 0.15) is 6.54 Å². The molecule has 0 saturated carbocycles. The second kappa shape index (κ2) is 6.83. The molecule has 0 aliphatic rings. The first-order valence-corrected chi connectivity index (χ1v) is 5.57. The molecule has 7 heteroatoms. The first kappa shape index (κ1) is 14.3. The molecule has 0 aliphatic carbocycles. The van der Waals surface area contributed by atoms with Crippen molar-refractivity contribution < 1.29 is 14.7 Å². The number of nitrogens with zero attached hydrogens (tertiary/aromatic N) is 1. The Kier molecular flexibility index (Phi) is 5.41.